The van der Waals surface area contributed by atoms with Crippen LogP contribution in [-0.4, -0.2) is 67.6 Å². The van der Waals surface area contributed by atoms with Gasteiger partial charge in [0.2, 0.25) is 5.91 Å². The van der Waals surface area contributed by atoms with E-state index < -0.39 is 0 Å². The van der Waals surface area contributed by atoms with Crippen LogP contribution in [-0.2, 0) is 9.53 Å². The van der Waals surface area contributed by atoms with Gasteiger partial charge < -0.3 is 15.0 Å². The second kappa shape index (κ2) is 8.45. The Balaban J connectivity index is 1.50. The number of carbonyl (C=O) groups is 2. The zero-order chi connectivity index (χ0) is 17.6. The third-order valence-corrected chi connectivity index (χ3v) is 4.96. The number of morpholine rings is 1. The number of hydrogen-bond donors (Lipinski definition) is 1. The first-order chi connectivity index (χ1) is 12.1. The molecule has 0 radical (unpaired) electrons. The first-order valence-corrected chi connectivity index (χ1v) is 9.11. The smallest absolute Gasteiger partial charge is 0.254 e. The van der Waals surface area contributed by atoms with E-state index in [1.54, 1.807) is 29.2 Å². The monoisotopic (exact) mass is 345 g/mol. The highest BCUT2D eigenvalue weighted by Crippen LogP contribution is 2.16. The van der Waals surface area contributed by atoms with Crippen LogP contribution < -0.4 is 5.32 Å². The fourth-order valence-corrected chi connectivity index (χ4v) is 3.27. The number of anilines is 1. The number of ether oxygens (including phenoxy) is 1. The highest BCUT2D eigenvalue weighted by molar-refractivity contribution is 5.96. The first-order valence-electron chi connectivity index (χ1n) is 9.11. The SMILES string of the molecule is CC1CCN(CC(=O)Nc2ccc(C(=O)N3CCOCC3)cc2)CC1. The van der Waals surface area contributed by atoms with Gasteiger partial charge in [-0.1, -0.05) is 6.92 Å². The summed E-state index contributed by atoms with van der Waals surface area (Å²) in [7, 11) is 0. The summed E-state index contributed by atoms with van der Waals surface area (Å²) in [5, 5.41) is 2.92. The molecule has 0 atom stereocenters. The van der Waals surface area contributed by atoms with Gasteiger partial charge in [0.25, 0.3) is 5.91 Å². The summed E-state index contributed by atoms with van der Waals surface area (Å²) in [5.74, 6) is 0.779. The molecule has 6 heteroatoms. The zero-order valence-electron chi connectivity index (χ0n) is 14.9. The molecule has 2 heterocycles. The second-order valence-electron chi connectivity index (χ2n) is 6.99. The van der Waals surface area contributed by atoms with Crippen LogP contribution in [0.4, 0.5) is 5.69 Å². The van der Waals surface area contributed by atoms with Gasteiger partial charge in [-0.3, -0.25) is 14.5 Å². The van der Waals surface area contributed by atoms with Crippen molar-refractivity contribution >= 4 is 17.5 Å². The molecule has 6 nitrogen and oxygen atoms in total. The molecule has 0 spiro atoms. The van der Waals surface area contributed by atoms with Crippen LogP contribution in [0.15, 0.2) is 24.3 Å². The number of carbonyl (C=O) groups excluding carboxylic acids is 2. The van der Waals surface area contributed by atoms with E-state index in [1.165, 1.54) is 0 Å². The van der Waals surface area contributed by atoms with Crippen molar-refractivity contribution < 1.29 is 14.3 Å². The van der Waals surface area contributed by atoms with Crippen molar-refractivity contribution in [2.24, 2.45) is 5.92 Å². The molecule has 2 fully saturated rings. The van der Waals surface area contributed by atoms with Crippen molar-refractivity contribution in [3.8, 4) is 0 Å². The molecule has 25 heavy (non-hydrogen) atoms. The van der Waals surface area contributed by atoms with Gasteiger partial charge in [-0.2, -0.15) is 0 Å². The Hall–Kier alpha value is -1.92. The van der Waals surface area contributed by atoms with E-state index >= 15 is 0 Å². The van der Waals surface area contributed by atoms with Crippen molar-refractivity contribution in [3.05, 3.63) is 29.8 Å². The number of likely N-dealkylation sites (tertiary alicyclic amines) is 1. The molecule has 0 unspecified atom stereocenters. The number of benzene rings is 1. The number of hydrogen-bond acceptors (Lipinski definition) is 4. The lowest BCUT2D eigenvalue weighted by Crippen LogP contribution is -2.40. The molecule has 2 aliphatic heterocycles. The van der Waals surface area contributed by atoms with E-state index in [0.717, 1.165) is 37.5 Å². The number of nitrogens with one attached hydrogen (secondary N) is 1. The van der Waals surface area contributed by atoms with E-state index in [1.807, 2.05) is 0 Å². The third kappa shape index (κ3) is 5.03. The summed E-state index contributed by atoms with van der Waals surface area (Å²) >= 11 is 0. The van der Waals surface area contributed by atoms with Crippen molar-refractivity contribution in [1.29, 1.82) is 0 Å². The van der Waals surface area contributed by atoms with Crippen molar-refractivity contribution in [2.75, 3.05) is 51.3 Å². The quantitative estimate of drug-likeness (QED) is 0.904. The van der Waals surface area contributed by atoms with Gasteiger partial charge in [0.1, 0.15) is 0 Å². The Morgan fingerprint density at radius 2 is 1.72 bits per heavy atom. The average molecular weight is 345 g/mol. The molecule has 0 aromatic heterocycles. The molecule has 0 bridgehead atoms. The lowest BCUT2D eigenvalue weighted by molar-refractivity contribution is -0.117. The topological polar surface area (TPSA) is 61.9 Å². The van der Waals surface area contributed by atoms with Crippen molar-refractivity contribution in [2.45, 2.75) is 19.8 Å². The molecular formula is C19H27N3O3. The maximum absolute atomic E-state index is 12.4. The molecule has 2 aliphatic rings. The van der Waals surface area contributed by atoms with Gasteiger partial charge in [-0.15, -0.1) is 0 Å². The fraction of sp³-hybridized carbons (Fsp3) is 0.579. The summed E-state index contributed by atoms with van der Waals surface area (Å²) in [6, 6.07) is 7.14. The Bertz CT molecular complexity index is 588. The largest absolute Gasteiger partial charge is 0.378 e. The minimum Gasteiger partial charge on any atom is -0.378 e. The summed E-state index contributed by atoms with van der Waals surface area (Å²) in [6.07, 6.45) is 2.32. The van der Waals surface area contributed by atoms with E-state index in [0.29, 0.717) is 38.4 Å². The normalized spacial score (nSPS) is 19.6. The van der Waals surface area contributed by atoms with Gasteiger partial charge in [-0.25, -0.2) is 0 Å². The van der Waals surface area contributed by atoms with Crippen LogP contribution in [0, 0.1) is 5.92 Å². The fourth-order valence-electron chi connectivity index (χ4n) is 3.27. The number of rotatable bonds is 4. The summed E-state index contributed by atoms with van der Waals surface area (Å²) < 4.78 is 5.27. The van der Waals surface area contributed by atoms with Crippen LogP contribution in [0.1, 0.15) is 30.1 Å². The van der Waals surface area contributed by atoms with Crippen LogP contribution in [0.3, 0.4) is 0 Å². The molecule has 0 aliphatic carbocycles. The highest BCUT2D eigenvalue weighted by Gasteiger charge is 2.19. The van der Waals surface area contributed by atoms with Gasteiger partial charge >= 0.3 is 0 Å². The average Bonchev–Trinajstić information content (AvgIpc) is 2.64. The Morgan fingerprint density at radius 3 is 2.36 bits per heavy atom. The van der Waals surface area contributed by atoms with Crippen LogP contribution in [0.2, 0.25) is 0 Å². The summed E-state index contributed by atoms with van der Waals surface area (Å²) in [5.41, 5.74) is 1.37. The van der Waals surface area contributed by atoms with Crippen molar-refractivity contribution in [1.82, 2.24) is 9.80 Å². The van der Waals surface area contributed by atoms with E-state index in [2.05, 4.69) is 17.1 Å². The van der Waals surface area contributed by atoms with E-state index in [4.69, 9.17) is 4.74 Å². The molecule has 136 valence electrons. The van der Waals surface area contributed by atoms with Crippen molar-refractivity contribution in [3.63, 3.8) is 0 Å². The first kappa shape index (κ1) is 17.9. The minimum atomic E-state index is 0.00167. The molecule has 1 aromatic carbocycles. The second-order valence-corrected chi connectivity index (χ2v) is 6.99. The van der Waals surface area contributed by atoms with Crippen LogP contribution >= 0.6 is 0 Å². The summed E-state index contributed by atoms with van der Waals surface area (Å²) in [4.78, 5) is 28.6. The molecule has 2 saturated heterocycles. The Labute approximate surface area is 149 Å². The van der Waals surface area contributed by atoms with E-state index in [-0.39, 0.29) is 11.8 Å². The molecule has 3 rings (SSSR count). The minimum absolute atomic E-state index is 0.00167. The predicted molar refractivity (Wildman–Crippen MR) is 96.6 cm³/mol. The molecule has 1 aromatic rings. The number of amides is 2. The van der Waals surface area contributed by atoms with Gasteiger partial charge in [-0.05, 0) is 56.1 Å². The van der Waals surface area contributed by atoms with Gasteiger partial charge in [0.05, 0.1) is 19.8 Å². The van der Waals surface area contributed by atoms with E-state index in [9.17, 15) is 9.59 Å². The molecule has 1 N–H and O–H groups in total. The lowest BCUT2D eigenvalue weighted by atomic mass is 9.99. The molecule has 0 saturated carbocycles. The van der Waals surface area contributed by atoms with Gasteiger partial charge in [0.15, 0.2) is 0 Å². The lowest BCUT2D eigenvalue weighted by Gasteiger charge is -2.29. The maximum atomic E-state index is 12.4. The van der Waals surface area contributed by atoms with Gasteiger partial charge in [0, 0.05) is 24.3 Å². The Kier molecular flexibility index (Phi) is 6.04. The number of piperidine rings is 1. The van der Waals surface area contributed by atoms with Crippen LogP contribution in [0.25, 0.3) is 0 Å². The molecular weight excluding hydrogens is 318 g/mol. The third-order valence-electron chi connectivity index (χ3n) is 4.96. The maximum Gasteiger partial charge on any atom is 0.254 e. The zero-order valence-corrected chi connectivity index (χ0v) is 14.9. The number of nitrogens with zero attached hydrogens (tertiary/aromatic N) is 2. The molecule has 2 amide bonds. The van der Waals surface area contributed by atoms with Crippen LogP contribution in [0.5, 0.6) is 0 Å². The standard InChI is InChI=1S/C19H27N3O3/c1-15-6-8-21(9-7-15)14-18(23)20-17-4-2-16(3-5-17)19(24)22-10-12-25-13-11-22/h2-5,15H,6-14H2,1H3,(H,20,23). The predicted octanol–water partition coefficient (Wildman–Crippen LogP) is 1.83. The Morgan fingerprint density at radius 1 is 1.08 bits per heavy atom. The summed E-state index contributed by atoms with van der Waals surface area (Å²) in [6.45, 7) is 7.11. The highest BCUT2D eigenvalue weighted by atomic mass is 16.5.